The molecular weight excluding hydrogens is 384 g/mol. The normalized spacial score (nSPS) is 16.6. The predicted molar refractivity (Wildman–Crippen MR) is 109 cm³/mol. The monoisotopic (exact) mass is 404 g/mol. The number of carbonyl (C=O) groups is 1. The summed E-state index contributed by atoms with van der Waals surface area (Å²) in [6, 6.07) is 11.1. The zero-order chi connectivity index (χ0) is 20.5. The molecule has 9 heteroatoms. The second-order valence-electron chi connectivity index (χ2n) is 7.09. The average molecular weight is 404 g/mol. The van der Waals surface area contributed by atoms with E-state index in [1.54, 1.807) is 10.6 Å². The van der Waals surface area contributed by atoms with E-state index in [2.05, 4.69) is 25.8 Å². The summed E-state index contributed by atoms with van der Waals surface area (Å²) in [4.78, 5) is 21.6. The second-order valence-corrected chi connectivity index (χ2v) is 7.09. The molecule has 152 valence electrons. The van der Waals surface area contributed by atoms with Crippen LogP contribution >= 0.6 is 0 Å². The number of fused-ring (bicyclic) bond motifs is 1. The summed E-state index contributed by atoms with van der Waals surface area (Å²) >= 11 is 0. The zero-order valence-corrected chi connectivity index (χ0v) is 16.3. The number of rotatable bonds is 4. The first-order valence-electron chi connectivity index (χ1n) is 9.68. The quantitative estimate of drug-likeness (QED) is 0.538. The fourth-order valence-electron chi connectivity index (χ4n) is 3.40. The largest absolute Gasteiger partial charge is 0.378 e. The number of nitrogens with one attached hydrogen (secondary N) is 2. The lowest BCUT2D eigenvalue weighted by atomic mass is 10.1. The highest BCUT2D eigenvalue weighted by atomic mass is 16.5. The molecule has 9 nitrogen and oxygen atoms in total. The lowest BCUT2D eigenvalue weighted by Crippen LogP contribution is -2.34. The van der Waals surface area contributed by atoms with E-state index in [4.69, 9.17) is 9.26 Å². The standard InChI is InChI=1S/C21H20N6O3/c1-13-5-6-14(19-25-21(30-26-19)16-12-29-9-7-22-16)10-15(13)24-20(28)17-11-23-18-4-2-3-8-27(17)18/h2-6,8,10-11,16,22H,7,9,12H2,1H3,(H,24,28)/t16-/m0/s1. The molecule has 4 heterocycles. The van der Waals surface area contributed by atoms with Gasteiger partial charge in [0.2, 0.25) is 11.7 Å². The van der Waals surface area contributed by atoms with Gasteiger partial charge in [0.15, 0.2) is 0 Å². The van der Waals surface area contributed by atoms with Gasteiger partial charge in [-0.2, -0.15) is 4.98 Å². The molecule has 1 aromatic carbocycles. The summed E-state index contributed by atoms with van der Waals surface area (Å²) in [6.07, 6.45) is 3.37. The minimum Gasteiger partial charge on any atom is -0.378 e. The highest BCUT2D eigenvalue weighted by molar-refractivity contribution is 6.04. The second kappa shape index (κ2) is 7.69. The Morgan fingerprint density at radius 3 is 3.10 bits per heavy atom. The van der Waals surface area contributed by atoms with Gasteiger partial charge in [0.25, 0.3) is 5.91 Å². The number of morpholine rings is 1. The lowest BCUT2D eigenvalue weighted by molar-refractivity contribution is 0.0659. The first-order chi connectivity index (χ1) is 14.7. The highest BCUT2D eigenvalue weighted by Gasteiger charge is 2.22. The number of nitrogens with zero attached hydrogens (tertiary/aromatic N) is 4. The zero-order valence-electron chi connectivity index (χ0n) is 16.3. The Labute approximate surface area is 172 Å². The minimum absolute atomic E-state index is 0.111. The molecule has 0 saturated carbocycles. The molecule has 0 bridgehead atoms. The topological polar surface area (TPSA) is 107 Å². The Balaban J connectivity index is 1.40. The van der Waals surface area contributed by atoms with Crippen LogP contribution in [0, 0.1) is 6.92 Å². The molecule has 3 aromatic heterocycles. The van der Waals surface area contributed by atoms with Crippen molar-refractivity contribution in [1.29, 1.82) is 0 Å². The summed E-state index contributed by atoms with van der Waals surface area (Å²) in [5.41, 5.74) is 3.52. The third-order valence-corrected chi connectivity index (χ3v) is 5.06. The maximum atomic E-state index is 12.9. The smallest absolute Gasteiger partial charge is 0.274 e. The number of imidazole rings is 1. The van der Waals surface area contributed by atoms with Gasteiger partial charge in [0.05, 0.1) is 19.4 Å². The van der Waals surface area contributed by atoms with Crippen LogP contribution in [0.1, 0.15) is 28.0 Å². The molecule has 1 aliphatic heterocycles. The Kier molecular flexibility index (Phi) is 4.74. The van der Waals surface area contributed by atoms with Crippen molar-refractivity contribution in [3.63, 3.8) is 0 Å². The number of amides is 1. The number of pyridine rings is 1. The van der Waals surface area contributed by atoms with Gasteiger partial charge >= 0.3 is 0 Å². The molecule has 1 amide bonds. The van der Waals surface area contributed by atoms with E-state index in [-0.39, 0.29) is 11.9 Å². The molecule has 1 atom stereocenters. The van der Waals surface area contributed by atoms with Gasteiger partial charge in [-0.1, -0.05) is 23.4 Å². The van der Waals surface area contributed by atoms with Crippen LogP contribution < -0.4 is 10.6 Å². The lowest BCUT2D eigenvalue weighted by Gasteiger charge is -2.20. The fraction of sp³-hybridized carbons (Fsp3) is 0.238. The van der Waals surface area contributed by atoms with Crippen molar-refractivity contribution in [2.75, 3.05) is 25.1 Å². The number of hydrogen-bond acceptors (Lipinski definition) is 7. The van der Waals surface area contributed by atoms with Crippen molar-refractivity contribution in [3.05, 3.63) is 65.9 Å². The van der Waals surface area contributed by atoms with Crippen LogP contribution in [0.5, 0.6) is 0 Å². The molecule has 5 rings (SSSR count). The van der Waals surface area contributed by atoms with Crippen LogP contribution in [0.2, 0.25) is 0 Å². The van der Waals surface area contributed by atoms with E-state index >= 15 is 0 Å². The molecule has 0 radical (unpaired) electrons. The first kappa shape index (κ1) is 18.5. The highest BCUT2D eigenvalue weighted by Crippen LogP contribution is 2.25. The van der Waals surface area contributed by atoms with E-state index < -0.39 is 0 Å². The van der Waals surface area contributed by atoms with E-state index in [1.807, 2.05) is 49.5 Å². The molecule has 4 aromatic rings. The molecular formula is C21H20N6O3. The summed E-state index contributed by atoms with van der Waals surface area (Å²) < 4.78 is 12.6. The van der Waals surface area contributed by atoms with E-state index in [1.165, 1.54) is 0 Å². The third-order valence-electron chi connectivity index (χ3n) is 5.06. The molecule has 1 saturated heterocycles. The van der Waals surface area contributed by atoms with Crippen LogP contribution in [-0.4, -0.2) is 45.2 Å². The summed E-state index contributed by atoms with van der Waals surface area (Å²) in [5.74, 6) is 0.704. The molecule has 1 fully saturated rings. The van der Waals surface area contributed by atoms with Gasteiger partial charge in [-0.15, -0.1) is 0 Å². The maximum Gasteiger partial charge on any atom is 0.274 e. The third kappa shape index (κ3) is 3.44. The van der Waals surface area contributed by atoms with E-state index in [0.29, 0.717) is 42.0 Å². The molecule has 1 aliphatic rings. The van der Waals surface area contributed by atoms with Crippen LogP contribution in [-0.2, 0) is 4.74 Å². The van der Waals surface area contributed by atoms with Crippen LogP contribution in [0.4, 0.5) is 5.69 Å². The summed E-state index contributed by atoms with van der Waals surface area (Å²) in [7, 11) is 0. The summed E-state index contributed by atoms with van der Waals surface area (Å²) in [5, 5.41) is 10.4. The predicted octanol–water partition coefficient (Wildman–Crippen LogP) is 2.61. The number of benzene rings is 1. The Morgan fingerprint density at radius 1 is 1.30 bits per heavy atom. The minimum atomic E-state index is -0.244. The maximum absolute atomic E-state index is 12.9. The van der Waals surface area contributed by atoms with E-state index in [9.17, 15) is 4.79 Å². The fourth-order valence-corrected chi connectivity index (χ4v) is 3.40. The average Bonchev–Trinajstić information content (AvgIpc) is 3.43. The van der Waals surface area contributed by atoms with Crippen molar-refractivity contribution in [2.24, 2.45) is 0 Å². The molecule has 30 heavy (non-hydrogen) atoms. The molecule has 0 spiro atoms. The van der Waals surface area contributed by atoms with Crippen molar-refractivity contribution in [1.82, 2.24) is 24.8 Å². The van der Waals surface area contributed by atoms with Crippen LogP contribution in [0.3, 0.4) is 0 Å². The van der Waals surface area contributed by atoms with Crippen molar-refractivity contribution >= 4 is 17.2 Å². The van der Waals surface area contributed by atoms with Gasteiger partial charge in [-0.3, -0.25) is 9.20 Å². The van der Waals surface area contributed by atoms with Gasteiger partial charge in [-0.25, -0.2) is 4.98 Å². The van der Waals surface area contributed by atoms with Gasteiger partial charge in [0.1, 0.15) is 17.4 Å². The molecule has 0 aliphatic carbocycles. The Morgan fingerprint density at radius 2 is 2.23 bits per heavy atom. The van der Waals surface area contributed by atoms with E-state index in [0.717, 1.165) is 17.7 Å². The Bertz CT molecular complexity index is 1210. The van der Waals surface area contributed by atoms with Crippen molar-refractivity contribution in [2.45, 2.75) is 13.0 Å². The number of ether oxygens (including phenoxy) is 1. The van der Waals surface area contributed by atoms with Gasteiger partial charge in [-0.05, 0) is 30.7 Å². The number of anilines is 1. The van der Waals surface area contributed by atoms with Crippen LogP contribution in [0.25, 0.3) is 17.0 Å². The number of aryl methyl sites for hydroxylation is 1. The Hall–Kier alpha value is -3.56. The molecule has 0 unspecified atom stereocenters. The number of carbonyl (C=O) groups excluding carboxylic acids is 1. The molecule has 2 N–H and O–H groups in total. The van der Waals surface area contributed by atoms with Gasteiger partial charge in [0, 0.05) is 24.0 Å². The van der Waals surface area contributed by atoms with Crippen molar-refractivity contribution in [3.8, 4) is 11.4 Å². The van der Waals surface area contributed by atoms with Crippen LogP contribution in [0.15, 0.2) is 53.3 Å². The number of hydrogen-bond donors (Lipinski definition) is 2. The van der Waals surface area contributed by atoms with Gasteiger partial charge < -0.3 is 19.9 Å². The summed E-state index contributed by atoms with van der Waals surface area (Å²) in [6.45, 7) is 3.84. The number of aromatic nitrogens is 4. The van der Waals surface area contributed by atoms with Crippen molar-refractivity contribution < 1.29 is 14.1 Å². The first-order valence-corrected chi connectivity index (χ1v) is 9.68. The SMILES string of the molecule is Cc1ccc(-c2noc([C@@H]3COCCN3)n2)cc1NC(=O)c1cnc2ccccn12.